The second-order valence-electron chi connectivity index (χ2n) is 7.66. The molecule has 2 amide bonds. The van der Waals surface area contributed by atoms with Crippen LogP contribution in [0.25, 0.3) is 10.8 Å². The second-order valence-corrected chi connectivity index (χ2v) is 7.66. The van der Waals surface area contributed by atoms with Gasteiger partial charge in [0.25, 0.3) is 5.91 Å². The zero-order chi connectivity index (χ0) is 20.4. The van der Waals surface area contributed by atoms with Crippen LogP contribution in [0.1, 0.15) is 28.8 Å². The van der Waals surface area contributed by atoms with Gasteiger partial charge in [-0.05, 0) is 54.3 Å². The molecule has 0 saturated carbocycles. The van der Waals surface area contributed by atoms with Gasteiger partial charge < -0.3 is 16.0 Å². The molecule has 0 aromatic heterocycles. The Morgan fingerprint density at radius 3 is 2.52 bits per heavy atom. The van der Waals surface area contributed by atoms with Crippen LogP contribution < -0.4 is 11.1 Å². The molecule has 1 aliphatic rings. The number of fused-ring (bicyclic) bond motifs is 1. The number of nitrogens with two attached hydrogens (primary N) is 1. The third-order valence-electron chi connectivity index (χ3n) is 5.69. The van der Waals surface area contributed by atoms with Crippen molar-refractivity contribution in [3.63, 3.8) is 0 Å². The SMILES string of the molecule is Cc1ccc(N)cc1NC(=O)C1CCN(C(=O)c2cccc3ccccc23)CC1. The van der Waals surface area contributed by atoms with E-state index < -0.39 is 0 Å². The number of benzene rings is 3. The van der Waals surface area contributed by atoms with Crippen LogP contribution in [0.2, 0.25) is 0 Å². The summed E-state index contributed by atoms with van der Waals surface area (Å²) < 4.78 is 0. The molecule has 5 heteroatoms. The van der Waals surface area contributed by atoms with Crippen molar-refractivity contribution >= 4 is 34.0 Å². The van der Waals surface area contributed by atoms with Gasteiger partial charge in [-0.1, -0.05) is 42.5 Å². The van der Waals surface area contributed by atoms with E-state index in [1.54, 1.807) is 6.07 Å². The summed E-state index contributed by atoms with van der Waals surface area (Å²) >= 11 is 0. The molecule has 4 rings (SSSR count). The maximum absolute atomic E-state index is 13.1. The lowest BCUT2D eigenvalue weighted by atomic mass is 9.94. The zero-order valence-electron chi connectivity index (χ0n) is 16.5. The molecule has 148 valence electrons. The number of nitrogen functional groups attached to an aromatic ring is 1. The van der Waals surface area contributed by atoms with Crippen LogP contribution in [0.4, 0.5) is 11.4 Å². The highest BCUT2D eigenvalue weighted by atomic mass is 16.2. The lowest BCUT2D eigenvalue weighted by Crippen LogP contribution is -2.41. The molecule has 0 unspecified atom stereocenters. The van der Waals surface area contributed by atoms with E-state index in [1.165, 1.54) is 0 Å². The minimum Gasteiger partial charge on any atom is -0.399 e. The Bertz CT molecular complexity index is 1060. The van der Waals surface area contributed by atoms with Crippen molar-refractivity contribution in [1.29, 1.82) is 0 Å². The number of anilines is 2. The number of hydrogen-bond acceptors (Lipinski definition) is 3. The Morgan fingerprint density at radius 2 is 1.72 bits per heavy atom. The van der Waals surface area contributed by atoms with Gasteiger partial charge in [0.15, 0.2) is 0 Å². The number of piperidine rings is 1. The second kappa shape index (κ2) is 7.95. The maximum atomic E-state index is 13.1. The molecule has 1 heterocycles. The van der Waals surface area contributed by atoms with Crippen LogP contribution in [0.5, 0.6) is 0 Å². The first kappa shape index (κ1) is 19.0. The van der Waals surface area contributed by atoms with E-state index in [0.29, 0.717) is 31.6 Å². The van der Waals surface area contributed by atoms with Gasteiger partial charge >= 0.3 is 0 Å². The van der Waals surface area contributed by atoms with Crippen molar-refractivity contribution in [2.75, 3.05) is 24.1 Å². The Hall–Kier alpha value is -3.34. The van der Waals surface area contributed by atoms with Gasteiger partial charge in [0.05, 0.1) is 0 Å². The van der Waals surface area contributed by atoms with E-state index in [0.717, 1.165) is 27.6 Å². The number of nitrogens with zero attached hydrogens (tertiary/aromatic N) is 1. The van der Waals surface area contributed by atoms with Crippen molar-refractivity contribution in [3.05, 3.63) is 71.8 Å². The summed E-state index contributed by atoms with van der Waals surface area (Å²) in [5, 5.41) is 5.03. The first-order valence-electron chi connectivity index (χ1n) is 9.97. The molecule has 1 saturated heterocycles. The maximum Gasteiger partial charge on any atom is 0.254 e. The highest BCUT2D eigenvalue weighted by molar-refractivity contribution is 6.07. The molecule has 0 radical (unpaired) electrons. The van der Waals surface area contributed by atoms with Gasteiger partial charge in [-0.25, -0.2) is 0 Å². The fourth-order valence-corrected chi connectivity index (χ4v) is 3.94. The molecule has 0 aliphatic carbocycles. The number of carbonyl (C=O) groups excluding carboxylic acids is 2. The Kier molecular flexibility index (Phi) is 5.21. The molecule has 3 aromatic rings. The summed E-state index contributed by atoms with van der Waals surface area (Å²) in [6.07, 6.45) is 1.31. The molecule has 29 heavy (non-hydrogen) atoms. The molecular formula is C24H25N3O2. The summed E-state index contributed by atoms with van der Waals surface area (Å²) in [6, 6.07) is 19.2. The van der Waals surface area contributed by atoms with E-state index in [4.69, 9.17) is 5.73 Å². The predicted octanol–water partition coefficient (Wildman–Crippen LogP) is 4.22. The standard InChI is InChI=1S/C24H25N3O2/c1-16-9-10-19(25)15-22(16)26-23(28)18-11-13-27(14-12-18)24(29)21-8-4-6-17-5-2-3-7-20(17)21/h2-10,15,18H,11-14,25H2,1H3,(H,26,28). The van der Waals surface area contributed by atoms with Gasteiger partial charge in [-0.15, -0.1) is 0 Å². The molecule has 3 N–H and O–H groups in total. The largest absolute Gasteiger partial charge is 0.399 e. The number of nitrogens with one attached hydrogen (secondary N) is 1. The lowest BCUT2D eigenvalue weighted by Gasteiger charge is -2.31. The predicted molar refractivity (Wildman–Crippen MR) is 117 cm³/mol. The average molecular weight is 387 g/mol. The Balaban J connectivity index is 1.42. The number of aryl methyl sites for hydroxylation is 1. The van der Waals surface area contributed by atoms with Gasteiger partial charge in [-0.3, -0.25) is 9.59 Å². The van der Waals surface area contributed by atoms with E-state index in [1.807, 2.05) is 66.4 Å². The Labute approximate surface area is 170 Å². The molecule has 1 aliphatic heterocycles. The van der Waals surface area contributed by atoms with Gasteiger partial charge in [0.2, 0.25) is 5.91 Å². The van der Waals surface area contributed by atoms with Crippen LogP contribution in [0.15, 0.2) is 60.7 Å². The normalized spacial score (nSPS) is 14.7. The van der Waals surface area contributed by atoms with Gasteiger partial charge in [-0.2, -0.15) is 0 Å². The summed E-state index contributed by atoms with van der Waals surface area (Å²) in [6.45, 7) is 3.10. The molecule has 0 spiro atoms. The highest BCUT2D eigenvalue weighted by Crippen LogP contribution is 2.25. The van der Waals surface area contributed by atoms with Crippen LogP contribution in [0, 0.1) is 12.8 Å². The first-order valence-corrected chi connectivity index (χ1v) is 9.97. The van der Waals surface area contributed by atoms with Crippen LogP contribution in [0.3, 0.4) is 0 Å². The summed E-state index contributed by atoms with van der Waals surface area (Å²) in [4.78, 5) is 27.6. The first-order chi connectivity index (χ1) is 14.0. The van der Waals surface area contributed by atoms with Crippen molar-refractivity contribution in [2.24, 2.45) is 5.92 Å². The number of carbonyl (C=O) groups is 2. The van der Waals surface area contributed by atoms with E-state index in [2.05, 4.69) is 5.32 Å². The fourth-order valence-electron chi connectivity index (χ4n) is 3.94. The number of likely N-dealkylation sites (tertiary alicyclic amines) is 1. The van der Waals surface area contributed by atoms with Gasteiger partial charge in [0.1, 0.15) is 0 Å². The van der Waals surface area contributed by atoms with Crippen LogP contribution in [-0.4, -0.2) is 29.8 Å². The number of amides is 2. The monoisotopic (exact) mass is 387 g/mol. The molecule has 0 bridgehead atoms. The minimum atomic E-state index is -0.104. The molecule has 1 fully saturated rings. The summed E-state index contributed by atoms with van der Waals surface area (Å²) in [5.41, 5.74) is 8.92. The Morgan fingerprint density at radius 1 is 1.00 bits per heavy atom. The molecule has 3 aromatic carbocycles. The third-order valence-corrected chi connectivity index (χ3v) is 5.69. The van der Waals surface area contributed by atoms with E-state index in [9.17, 15) is 9.59 Å². The summed E-state index contributed by atoms with van der Waals surface area (Å²) in [7, 11) is 0. The zero-order valence-corrected chi connectivity index (χ0v) is 16.5. The van der Waals surface area contributed by atoms with Gasteiger partial charge in [0, 0.05) is 35.9 Å². The van der Waals surface area contributed by atoms with Crippen molar-refractivity contribution < 1.29 is 9.59 Å². The summed E-state index contributed by atoms with van der Waals surface area (Å²) in [5.74, 6) is -0.0734. The van der Waals surface area contributed by atoms with Crippen molar-refractivity contribution in [1.82, 2.24) is 4.90 Å². The van der Waals surface area contributed by atoms with E-state index in [-0.39, 0.29) is 17.7 Å². The van der Waals surface area contributed by atoms with Crippen LogP contribution in [-0.2, 0) is 4.79 Å². The highest BCUT2D eigenvalue weighted by Gasteiger charge is 2.28. The van der Waals surface area contributed by atoms with Crippen molar-refractivity contribution in [2.45, 2.75) is 19.8 Å². The smallest absolute Gasteiger partial charge is 0.254 e. The van der Waals surface area contributed by atoms with Crippen molar-refractivity contribution in [3.8, 4) is 0 Å². The van der Waals surface area contributed by atoms with Crippen LogP contribution >= 0.6 is 0 Å². The topological polar surface area (TPSA) is 75.4 Å². The molecule has 0 atom stereocenters. The van der Waals surface area contributed by atoms with E-state index >= 15 is 0 Å². The number of rotatable bonds is 3. The fraction of sp³-hybridized carbons (Fsp3) is 0.250. The molecule has 5 nitrogen and oxygen atoms in total. The number of hydrogen-bond donors (Lipinski definition) is 2. The average Bonchev–Trinajstić information content (AvgIpc) is 2.75. The molecular weight excluding hydrogens is 362 g/mol. The minimum absolute atomic E-state index is 0.00374. The lowest BCUT2D eigenvalue weighted by molar-refractivity contribution is -0.121. The third kappa shape index (κ3) is 3.94. The quantitative estimate of drug-likeness (QED) is 0.661.